The zero-order valence-corrected chi connectivity index (χ0v) is 11.2. The molecule has 1 unspecified atom stereocenters. The summed E-state index contributed by atoms with van der Waals surface area (Å²) >= 11 is 0. The maximum Gasteiger partial charge on any atom is 0.246 e. The lowest BCUT2D eigenvalue weighted by molar-refractivity contribution is -0.124. The van der Waals surface area contributed by atoms with Gasteiger partial charge in [0.25, 0.3) is 0 Å². The SMILES string of the molecule is CC(O)CCN(C)C(=O)/C=C/c1ccc(C#N)cc1. The zero-order valence-electron chi connectivity index (χ0n) is 11.2. The molecule has 0 saturated heterocycles. The van der Waals surface area contributed by atoms with Gasteiger partial charge in [0.1, 0.15) is 0 Å². The number of carbonyl (C=O) groups is 1. The second kappa shape index (κ2) is 7.34. The Bertz CT molecular complexity index is 484. The molecule has 0 bridgehead atoms. The first-order valence-corrected chi connectivity index (χ1v) is 6.14. The summed E-state index contributed by atoms with van der Waals surface area (Å²) < 4.78 is 0. The average Bonchev–Trinajstić information content (AvgIpc) is 2.42. The Hall–Kier alpha value is -2.12. The first kappa shape index (κ1) is 14.9. The minimum atomic E-state index is -0.405. The average molecular weight is 258 g/mol. The molecule has 100 valence electrons. The van der Waals surface area contributed by atoms with Gasteiger partial charge in [0.15, 0.2) is 0 Å². The van der Waals surface area contributed by atoms with Crippen LogP contribution in [-0.2, 0) is 4.79 Å². The van der Waals surface area contributed by atoms with Crippen LogP contribution in [0.3, 0.4) is 0 Å². The van der Waals surface area contributed by atoms with Gasteiger partial charge in [-0.15, -0.1) is 0 Å². The summed E-state index contributed by atoms with van der Waals surface area (Å²) in [5.74, 6) is -0.106. The predicted molar refractivity (Wildman–Crippen MR) is 74.1 cm³/mol. The van der Waals surface area contributed by atoms with Crippen LogP contribution in [0.15, 0.2) is 30.3 Å². The summed E-state index contributed by atoms with van der Waals surface area (Å²) in [4.78, 5) is 13.3. The van der Waals surface area contributed by atoms with E-state index in [4.69, 9.17) is 10.4 Å². The summed E-state index contributed by atoms with van der Waals surface area (Å²) in [6.45, 7) is 2.22. The molecule has 19 heavy (non-hydrogen) atoms. The molecule has 1 atom stereocenters. The highest BCUT2D eigenvalue weighted by molar-refractivity contribution is 5.91. The van der Waals surface area contributed by atoms with Crippen LogP contribution in [0.2, 0.25) is 0 Å². The number of nitrogens with zero attached hydrogens (tertiary/aromatic N) is 2. The third-order valence-corrected chi connectivity index (χ3v) is 2.72. The molecule has 0 spiro atoms. The van der Waals surface area contributed by atoms with Gasteiger partial charge in [-0.05, 0) is 37.1 Å². The van der Waals surface area contributed by atoms with Crippen molar-refractivity contribution in [3.63, 3.8) is 0 Å². The highest BCUT2D eigenvalue weighted by Gasteiger charge is 2.05. The van der Waals surface area contributed by atoms with Crippen LogP contribution in [0, 0.1) is 11.3 Å². The van der Waals surface area contributed by atoms with E-state index < -0.39 is 6.10 Å². The summed E-state index contributed by atoms with van der Waals surface area (Å²) in [5.41, 5.74) is 1.47. The van der Waals surface area contributed by atoms with Crippen LogP contribution < -0.4 is 0 Å². The number of benzene rings is 1. The maximum absolute atomic E-state index is 11.8. The van der Waals surface area contributed by atoms with E-state index in [1.54, 1.807) is 49.2 Å². The number of rotatable bonds is 5. The third-order valence-electron chi connectivity index (χ3n) is 2.72. The van der Waals surface area contributed by atoms with Gasteiger partial charge in [0.05, 0.1) is 17.7 Å². The van der Waals surface area contributed by atoms with Crippen LogP contribution in [-0.4, -0.2) is 35.6 Å². The van der Waals surface area contributed by atoms with Crippen molar-refractivity contribution < 1.29 is 9.90 Å². The number of aliphatic hydroxyl groups is 1. The smallest absolute Gasteiger partial charge is 0.246 e. The number of likely N-dealkylation sites (N-methyl/N-ethyl adjacent to an activating group) is 1. The van der Waals surface area contributed by atoms with Crippen molar-refractivity contribution >= 4 is 12.0 Å². The van der Waals surface area contributed by atoms with Crippen molar-refractivity contribution in [3.05, 3.63) is 41.5 Å². The Kier molecular flexibility index (Phi) is 5.77. The fourth-order valence-electron chi connectivity index (χ4n) is 1.45. The molecule has 1 aromatic carbocycles. The Balaban J connectivity index is 2.55. The van der Waals surface area contributed by atoms with Crippen molar-refractivity contribution in [2.75, 3.05) is 13.6 Å². The predicted octanol–water partition coefficient (Wildman–Crippen LogP) is 1.80. The van der Waals surface area contributed by atoms with E-state index in [9.17, 15) is 4.79 Å². The van der Waals surface area contributed by atoms with Crippen LogP contribution in [0.5, 0.6) is 0 Å². The van der Waals surface area contributed by atoms with Gasteiger partial charge in [-0.1, -0.05) is 12.1 Å². The van der Waals surface area contributed by atoms with Gasteiger partial charge in [0.2, 0.25) is 5.91 Å². The monoisotopic (exact) mass is 258 g/mol. The van der Waals surface area contributed by atoms with E-state index in [0.717, 1.165) is 5.56 Å². The van der Waals surface area contributed by atoms with Gasteiger partial charge in [-0.2, -0.15) is 5.26 Å². The number of nitriles is 1. The molecule has 1 N–H and O–H groups in total. The number of hydrogen-bond acceptors (Lipinski definition) is 3. The Labute approximate surface area is 113 Å². The summed E-state index contributed by atoms with van der Waals surface area (Å²) in [7, 11) is 1.70. The fourth-order valence-corrected chi connectivity index (χ4v) is 1.45. The first-order chi connectivity index (χ1) is 9.02. The normalized spacial score (nSPS) is 12.1. The number of aliphatic hydroxyl groups excluding tert-OH is 1. The van der Waals surface area contributed by atoms with Crippen molar-refractivity contribution in [1.82, 2.24) is 4.90 Å². The minimum absolute atomic E-state index is 0.106. The van der Waals surface area contributed by atoms with E-state index >= 15 is 0 Å². The highest BCUT2D eigenvalue weighted by Crippen LogP contribution is 2.05. The Morgan fingerprint density at radius 2 is 2.11 bits per heavy atom. The second-order valence-electron chi connectivity index (χ2n) is 4.46. The largest absolute Gasteiger partial charge is 0.393 e. The summed E-state index contributed by atoms with van der Waals surface area (Å²) in [6, 6.07) is 9.04. The van der Waals surface area contributed by atoms with E-state index in [1.165, 1.54) is 6.08 Å². The van der Waals surface area contributed by atoms with E-state index in [2.05, 4.69) is 0 Å². The first-order valence-electron chi connectivity index (χ1n) is 6.14. The lowest BCUT2D eigenvalue weighted by atomic mass is 10.1. The van der Waals surface area contributed by atoms with Crippen LogP contribution in [0.1, 0.15) is 24.5 Å². The molecule has 0 aliphatic rings. The van der Waals surface area contributed by atoms with Crippen LogP contribution in [0.25, 0.3) is 6.08 Å². The van der Waals surface area contributed by atoms with E-state index in [1.807, 2.05) is 6.07 Å². The molecule has 4 heteroatoms. The quantitative estimate of drug-likeness (QED) is 0.819. The number of carbonyl (C=O) groups excluding carboxylic acids is 1. The maximum atomic E-state index is 11.8. The lowest BCUT2D eigenvalue weighted by Gasteiger charge is -2.15. The molecule has 4 nitrogen and oxygen atoms in total. The van der Waals surface area contributed by atoms with E-state index in [0.29, 0.717) is 18.5 Å². The molecule has 0 heterocycles. The molecule has 1 aromatic rings. The lowest BCUT2D eigenvalue weighted by Crippen LogP contribution is -2.27. The number of amides is 1. The molecule has 1 rings (SSSR count). The van der Waals surface area contributed by atoms with Crippen molar-refractivity contribution in [3.8, 4) is 6.07 Å². The molecule has 0 fully saturated rings. The zero-order chi connectivity index (χ0) is 14.3. The van der Waals surface area contributed by atoms with Crippen molar-refractivity contribution in [2.45, 2.75) is 19.4 Å². The van der Waals surface area contributed by atoms with Crippen LogP contribution in [0.4, 0.5) is 0 Å². The Morgan fingerprint density at radius 1 is 1.47 bits per heavy atom. The standard InChI is InChI=1S/C15H18N2O2/c1-12(18)9-10-17(2)15(19)8-7-13-3-5-14(11-16)6-4-13/h3-8,12,18H,9-10H2,1-2H3/b8-7+. The van der Waals surface area contributed by atoms with Gasteiger partial charge >= 0.3 is 0 Å². The van der Waals surface area contributed by atoms with Gasteiger partial charge in [-0.3, -0.25) is 4.79 Å². The second-order valence-corrected chi connectivity index (χ2v) is 4.46. The van der Waals surface area contributed by atoms with Gasteiger partial charge in [-0.25, -0.2) is 0 Å². The summed E-state index contributed by atoms with van der Waals surface area (Å²) in [5, 5.41) is 17.8. The molecule has 0 radical (unpaired) electrons. The van der Waals surface area contributed by atoms with Gasteiger partial charge < -0.3 is 10.0 Å². The molecular formula is C15H18N2O2. The Morgan fingerprint density at radius 3 is 2.63 bits per heavy atom. The van der Waals surface area contributed by atoms with Crippen molar-refractivity contribution in [1.29, 1.82) is 5.26 Å². The summed E-state index contributed by atoms with van der Waals surface area (Å²) in [6.07, 6.45) is 3.36. The molecule has 0 aliphatic carbocycles. The van der Waals surface area contributed by atoms with Gasteiger partial charge in [0, 0.05) is 19.7 Å². The molecular weight excluding hydrogens is 240 g/mol. The molecule has 0 aliphatic heterocycles. The molecule has 0 aromatic heterocycles. The highest BCUT2D eigenvalue weighted by atomic mass is 16.3. The number of hydrogen-bond donors (Lipinski definition) is 1. The topological polar surface area (TPSA) is 64.3 Å². The van der Waals surface area contributed by atoms with Crippen LogP contribution >= 0.6 is 0 Å². The fraction of sp³-hybridized carbons (Fsp3) is 0.333. The third kappa shape index (κ3) is 5.36. The van der Waals surface area contributed by atoms with Crippen molar-refractivity contribution in [2.24, 2.45) is 0 Å². The molecule has 0 saturated carbocycles. The molecule has 1 amide bonds. The van der Waals surface area contributed by atoms with E-state index in [-0.39, 0.29) is 5.91 Å². The minimum Gasteiger partial charge on any atom is -0.393 e.